The number of anilines is 2. The van der Waals surface area contributed by atoms with Crippen molar-refractivity contribution in [1.29, 1.82) is 0 Å². The summed E-state index contributed by atoms with van der Waals surface area (Å²) in [5, 5.41) is 3.42. The van der Waals surface area contributed by atoms with E-state index in [-0.39, 0.29) is 18.2 Å². The zero-order chi connectivity index (χ0) is 17.8. The molecule has 3 rings (SSSR count). The van der Waals surface area contributed by atoms with Crippen LogP contribution in [0, 0.1) is 5.92 Å². The summed E-state index contributed by atoms with van der Waals surface area (Å²) >= 11 is 5.98. The van der Waals surface area contributed by atoms with E-state index < -0.39 is 5.92 Å². The molecular formula is C19H19ClN2O3. The van der Waals surface area contributed by atoms with E-state index in [1.54, 1.807) is 47.4 Å². The lowest BCUT2D eigenvalue weighted by Crippen LogP contribution is -2.28. The van der Waals surface area contributed by atoms with Gasteiger partial charge in [-0.1, -0.05) is 17.7 Å². The highest BCUT2D eigenvalue weighted by Crippen LogP contribution is 2.28. The highest BCUT2D eigenvalue weighted by Gasteiger charge is 2.35. The summed E-state index contributed by atoms with van der Waals surface area (Å²) in [5.74, 6) is 0.123. The smallest absolute Gasteiger partial charge is 0.229 e. The summed E-state index contributed by atoms with van der Waals surface area (Å²) in [6.07, 6.45) is 0.190. The first-order valence-electron chi connectivity index (χ1n) is 8.16. The molecule has 1 heterocycles. The fourth-order valence-electron chi connectivity index (χ4n) is 2.82. The summed E-state index contributed by atoms with van der Waals surface area (Å²) in [6, 6.07) is 14.3. The van der Waals surface area contributed by atoms with Crippen molar-refractivity contribution >= 4 is 34.8 Å². The molecule has 0 radical (unpaired) electrons. The molecule has 130 valence electrons. The number of hydrogen-bond acceptors (Lipinski definition) is 3. The maximum atomic E-state index is 12.5. The Balaban J connectivity index is 1.64. The van der Waals surface area contributed by atoms with E-state index in [9.17, 15) is 9.59 Å². The number of benzene rings is 2. The summed E-state index contributed by atoms with van der Waals surface area (Å²) < 4.78 is 5.38. The van der Waals surface area contributed by atoms with E-state index in [2.05, 4.69) is 5.32 Å². The summed E-state index contributed by atoms with van der Waals surface area (Å²) in [4.78, 5) is 26.3. The SMILES string of the molecule is CCOc1ccc(NC(=O)[C@H]2CC(=O)N(c3cccc(Cl)c3)C2)cc1. The van der Waals surface area contributed by atoms with Gasteiger partial charge in [0.15, 0.2) is 0 Å². The molecule has 2 aromatic rings. The lowest BCUT2D eigenvalue weighted by Gasteiger charge is -2.17. The average molecular weight is 359 g/mol. The van der Waals surface area contributed by atoms with Crippen LogP contribution in [0.3, 0.4) is 0 Å². The van der Waals surface area contributed by atoms with Crippen molar-refractivity contribution in [2.75, 3.05) is 23.4 Å². The van der Waals surface area contributed by atoms with E-state index >= 15 is 0 Å². The minimum Gasteiger partial charge on any atom is -0.494 e. The summed E-state index contributed by atoms with van der Waals surface area (Å²) in [6.45, 7) is 2.86. The Morgan fingerprint density at radius 3 is 2.72 bits per heavy atom. The third-order valence-electron chi connectivity index (χ3n) is 4.05. The van der Waals surface area contributed by atoms with E-state index in [0.29, 0.717) is 29.5 Å². The average Bonchev–Trinajstić information content (AvgIpc) is 2.99. The van der Waals surface area contributed by atoms with Gasteiger partial charge in [-0.25, -0.2) is 0 Å². The lowest BCUT2D eigenvalue weighted by atomic mass is 10.1. The first-order chi connectivity index (χ1) is 12.1. The number of rotatable bonds is 5. The molecule has 2 amide bonds. The van der Waals surface area contributed by atoms with Crippen LogP contribution in [-0.4, -0.2) is 25.0 Å². The molecule has 0 unspecified atom stereocenters. The number of halogens is 1. The van der Waals surface area contributed by atoms with Crippen molar-refractivity contribution in [2.24, 2.45) is 5.92 Å². The summed E-state index contributed by atoms with van der Waals surface area (Å²) in [5.41, 5.74) is 1.40. The molecule has 6 heteroatoms. The molecule has 5 nitrogen and oxygen atoms in total. The Hall–Kier alpha value is -2.53. The van der Waals surface area contributed by atoms with Crippen LogP contribution in [0.1, 0.15) is 13.3 Å². The number of ether oxygens (including phenoxy) is 1. The molecule has 1 aliphatic heterocycles. The zero-order valence-corrected chi connectivity index (χ0v) is 14.6. The predicted molar refractivity (Wildman–Crippen MR) is 98.2 cm³/mol. The van der Waals surface area contributed by atoms with Crippen molar-refractivity contribution in [1.82, 2.24) is 0 Å². The molecule has 0 aliphatic carbocycles. The summed E-state index contributed by atoms with van der Waals surface area (Å²) in [7, 11) is 0. The van der Waals surface area contributed by atoms with Gasteiger partial charge in [0.05, 0.1) is 12.5 Å². The highest BCUT2D eigenvalue weighted by molar-refractivity contribution is 6.31. The molecule has 2 aromatic carbocycles. The largest absolute Gasteiger partial charge is 0.494 e. The molecule has 0 bridgehead atoms. The van der Waals surface area contributed by atoms with E-state index in [1.165, 1.54) is 0 Å². The van der Waals surface area contributed by atoms with Crippen LogP contribution in [0.2, 0.25) is 5.02 Å². The van der Waals surface area contributed by atoms with Gasteiger partial charge in [0, 0.05) is 29.4 Å². The first-order valence-corrected chi connectivity index (χ1v) is 8.54. The van der Waals surface area contributed by atoms with Crippen LogP contribution in [-0.2, 0) is 9.59 Å². The first kappa shape index (κ1) is 17.3. The Morgan fingerprint density at radius 1 is 1.28 bits per heavy atom. The second-order valence-corrected chi connectivity index (χ2v) is 6.27. The van der Waals surface area contributed by atoms with E-state index in [0.717, 1.165) is 5.75 Å². The molecule has 0 aromatic heterocycles. The van der Waals surface area contributed by atoms with Gasteiger partial charge < -0.3 is 15.0 Å². The van der Waals surface area contributed by atoms with Crippen LogP contribution >= 0.6 is 11.6 Å². The molecule has 0 spiro atoms. The van der Waals surface area contributed by atoms with Crippen LogP contribution in [0.4, 0.5) is 11.4 Å². The van der Waals surface area contributed by atoms with Crippen LogP contribution in [0.5, 0.6) is 5.75 Å². The van der Waals surface area contributed by atoms with Gasteiger partial charge in [-0.3, -0.25) is 9.59 Å². The number of hydrogen-bond donors (Lipinski definition) is 1. The van der Waals surface area contributed by atoms with Crippen molar-refractivity contribution in [3.63, 3.8) is 0 Å². The predicted octanol–water partition coefficient (Wildman–Crippen LogP) is 3.73. The topological polar surface area (TPSA) is 58.6 Å². The standard InChI is InChI=1S/C19H19ClN2O3/c1-2-25-17-8-6-15(7-9-17)21-19(24)13-10-18(23)22(12-13)16-5-3-4-14(20)11-16/h3-9,11,13H,2,10,12H2,1H3,(H,21,24)/t13-/m0/s1. The van der Waals surface area contributed by atoms with Gasteiger partial charge >= 0.3 is 0 Å². The van der Waals surface area contributed by atoms with Gasteiger partial charge in [0.2, 0.25) is 11.8 Å². The van der Waals surface area contributed by atoms with E-state index in [1.807, 2.05) is 13.0 Å². The van der Waals surface area contributed by atoms with Crippen molar-refractivity contribution < 1.29 is 14.3 Å². The van der Waals surface area contributed by atoms with Gasteiger partial charge in [-0.05, 0) is 49.4 Å². The molecule has 1 saturated heterocycles. The molecule has 1 fully saturated rings. The van der Waals surface area contributed by atoms with Crippen molar-refractivity contribution in [3.8, 4) is 5.75 Å². The number of carbonyl (C=O) groups excluding carboxylic acids is 2. The Bertz CT molecular complexity index is 776. The third-order valence-corrected chi connectivity index (χ3v) is 4.28. The minimum absolute atomic E-state index is 0.0749. The Labute approximate surface area is 151 Å². The maximum Gasteiger partial charge on any atom is 0.229 e. The maximum absolute atomic E-state index is 12.5. The molecule has 25 heavy (non-hydrogen) atoms. The van der Waals surface area contributed by atoms with Crippen molar-refractivity contribution in [2.45, 2.75) is 13.3 Å². The van der Waals surface area contributed by atoms with Gasteiger partial charge in [0.1, 0.15) is 5.75 Å². The Kier molecular flexibility index (Phi) is 5.24. The number of carbonyl (C=O) groups is 2. The zero-order valence-electron chi connectivity index (χ0n) is 13.9. The van der Waals surface area contributed by atoms with Gasteiger partial charge in [0.25, 0.3) is 0 Å². The molecule has 1 aliphatic rings. The lowest BCUT2D eigenvalue weighted by molar-refractivity contribution is -0.122. The number of nitrogens with one attached hydrogen (secondary N) is 1. The Morgan fingerprint density at radius 2 is 2.04 bits per heavy atom. The fraction of sp³-hybridized carbons (Fsp3) is 0.263. The monoisotopic (exact) mass is 358 g/mol. The minimum atomic E-state index is -0.391. The highest BCUT2D eigenvalue weighted by atomic mass is 35.5. The molecule has 0 saturated carbocycles. The van der Waals surface area contributed by atoms with Gasteiger partial charge in [-0.15, -0.1) is 0 Å². The molecule has 1 N–H and O–H groups in total. The number of amides is 2. The quantitative estimate of drug-likeness (QED) is 0.886. The second-order valence-electron chi connectivity index (χ2n) is 5.83. The second kappa shape index (κ2) is 7.57. The normalized spacial score (nSPS) is 16.8. The third kappa shape index (κ3) is 4.12. The molecular weight excluding hydrogens is 340 g/mol. The van der Waals surface area contributed by atoms with Crippen LogP contribution in [0.25, 0.3) is 0 Å². The number of nitrogens with zero attached hydrogens (tertiary/aromatic N) is 1. The fourth-order valence-corrected chi connectivity index (χ4v) is 3.01. The van der Waals surface area contributed by atoms with Crippen molar-refractivity contribution in [3.05, 3.63) is 53.6 Å². The van der Waals surface area contributed by atoms with Crippen LogP contribution < -0.4 is 15.0 Å². The van der Waals surface area contributed by atoms with E-state index in [4.69, 9.17) is 16.3 Å². The van der Waals surface area contributed by atoms with Gasteiger partial charge in [-0.2, -0.15) is 0 Å². The molecule has 1 atom stereocenters. The van der Waals surface area contributed by atoms with Crippen LogP contribution in [0.15, 0.2) is 48.5 Å².